The van der Waals surface area contributed by atoms with Crippen LogP contribution in [0.15, 0.2) is 70.7 Å². The van der Waals surface area contributed by atoms with Crippen LogP contribution in [0.5, 0.6) is 11.5 Å². The Balaban J connectivity index is 1.97. The number of methoxy groups -OCH3 is 1. The van der Waals surface area contributed by atoms with Gasteiger partial charge in [-0.05, 0) is 64.0 Å². The number of rotatable bonds is 4. The van der Waals surface area contributed by atoms with Gasteiger partial charge in [0.25, 0.3) is 11.7 Å². The molecule has 1 unspecified atom stereocenters. The van der Waals surface area contributed by atoms with Gasteiger partial charge in [-0.25, -0.2) is 8.78 Å². The summed E-state index contributed by atoms with van der Waals surface area (Å²) in [6.07, 6.45) is 0. The molecule has 0 radical (unpaired) electrons. The van der Waals surface area contributed by atoms with Gasteiger partial charge in [0, 0.05) is 11.6 Å². The number of aliphatic hydroxyl groups is 1. The van der Waals surface area contributed by atoms with Gasteiger partial charge in [-0.2, -0.15) is 0 Å². The van der Waals surface area contributed by atoms with Crippen molar-refractivity contribution in [2.24, 2.45) is 0 Å². The molecule has 1 saturated heterocycles. The first-order valence-corrected chi connectivity index (χ1v) is 10.4. The first kappa shape index (κ1) is 22.5. The Labute approximate surface area is 195 Å². The molecule has 33 heavy (non-hydrogen) atoms. The zero-order valence-electron chi connectivity index (χ0n) is 17.1. The zero-order chi connectivity index (χ0) is 23.9. The lowest BCUT2D eigenvalue weighted by Gasteiger charge is -2.26. The Bertz CT molecular complexity index is 1310. The number of ketones is 1. The lowest BCUT2D eigenvalue weighted by molar-refractivity contribution is -0.132. The number of benzene rings is 3. The highest BCUT2D eigenvalue weighted by Crippen LogP contribution is 2.43. The van der Waals surface area contributed by atoms with E-state index in [-0.39, 0.29) is 16.9 Å². The summed E-state index contributed by atoms with van der Waals surface area (Å²) in [6.45, 7) is 0. The number of carbonyl (C=O) groups is 2. The van der Waals surface area contributed by atoms with Crippen LogP contribution >= 0.6 is 15.9 Å². The number of aromatic hydroxyl groups is 1. The number of aliphatic hydroxyl groups excluding tert-OH is 1. The van der Waals surface area contributed by atoms with Crippen LogP contribution in [0.25, 0.3) is 5.76 Å². The van der Waals surface area contributed by atoms with E-state index in [4.69, 9.17) is 4.74 Å². The number of Topliss-reactive ketones (excluding diaryl/α,β-unsaturated/α-hetero) is 1. The van der Waals surface area contributed by atoms with Crippen molar-refractivity contribution in [3.63, 3.8) is 0 Å². The molecule has 1 aliphatic rings. The highest BCUT2D eigenvalue weighted by Gasteiger charge is 2.47. The maximum atomic E-state index is 14.7. The lowest BCUT2D eigenvalue weighted by atomic mass is 9.95. The van der Waals surface area contributed by atoms with Crippen LogP contribution in [0.4, 0.5) is 14.5 Å². The van der Waals surface area contributed by atoms with Crippen LogP contribution in [-0.2, 0) is 9.59 Å². The van der Waals surface area contributed by atoms with E-state index in [0.717, 1.165) is 23.1 Å². The molecular weight excluding hydrogens is 500 g/mol. The van der Waals surface area contributed by atoms with Crippen LogP contribution < -0.4 is 9.64 Å². The zero-order valence-corrected chi connectivity index (χ0v) is 18.6. The summed E-state index contributed by atoms with van der Waals surface area (Å²) in [4.78, 5) is 26.8. The molecule has 1 atom stereocenters. The summed E-state index contributed by atoms with van der Waals surface area (Å²) in [5.41, 5.74) is -0.273. The fourth-order valence-electron chi connectivity index (χ4n) is 3.69. The van der Waals surface area contributed by atoms with Crippen molar-refractivity contribution in [1.82, 2.24) is 0 Å². The van der Waals surface area contributed by atoms with Gasteiger partial charge in [0.2, 0.25) is 0 Å². The van der Waals surface area contributed by atoms with Crippen molar-refractivity contribution in [3.05, 3.63) is 93.5 Å². The predicted octanol–water partition coefficient (Wildman–Crippen LogP) is 5.07. The highest BCUT2D eigenvalue weighted by atomic mass is 79.9. The Morgan fingerprint density at radius 3 is 2.36 bits per heavy atom. The quantitative estimate of drug-likeness (QED) is 0.288. The number of amides is 1. The van der Waals surface area contributed by atoms with Gasteiger partial charge in [0.1, 0.15) is 28.9 Å². The van der Waals surface area contributed by atoms with Crippen LogP contribution in [0, 0.1) is 11.6 Å². The summed E-state index contributed by atoms with van der Waals surface area (Å²) in [5, 5.41) is 20.7. The second kappa shape index (κ2) is 8.67. The van der Waals surface area contributed by atoms with E-state index in [2.05, 4.69) is 15.9 Å². The summed E-state index contributed by atoms with van der Waals surface area (Å²) < 4.78 is 34.3. The molecule has 1 aliphatic heterocycles. The van der Waals surface area contributed by atoms with Gasteiger partial charge >= 0.3 is 0 Å². The fraction of sp³-hybridized carbons (Fsp3) is 0.0833. The lowest BCUT2D eigenvalue weighted by Crippen LogP contribution is -2.30. The molecule has 168 valence electrons. The number of hydrogen-bond acceptors (Lipinski definition) is 5. The molecule has 0 bridgehead atoms. The SMILES string of the molecule is COc1ccc(/C(O)=C2\C(=O)C(=O)N(c3cc(F)ccc3F)C2c2ccc(O)cc2)cc1Br. The van der Waals surface area contributed by atoms with E-state index < -0.39 is 40.8 Å². The third kappa shape index (κ3) is 3.95. The Hall–Kier alpha value is -3.72. The van der Waals surface area contributed by atoms with Crippen molar-refractivity contribution < 1.29 is 33.3 Å². The first-order chi connectivity index (χ1) is 15.7. The average molecular weight is 516 g/mol. The summed E-state index contributed by atoms with van der Waals surface area (Å²) >= 11 is 3.31. The van der Waals surface area contributed by atoms with Crippen molar-refractivity contribution in [3.8, 4) is 11.5 Å². The minimum Gasteiger partial charge on any atom is -0.508 e. The predicted molar refractivity (Wildman–Crippen MR) is 120 cm³/mol. The largest absolute Gasteiger partial charge is 0.508 e. The number of phenols is 1. The number of ether oxygens (including phenoxy) is 1. The molecule has 9 heteroatoms. The van der Waals surface area contributed by atoms with Crippen LogP contribution in [0.1, 0.15) is 17.2 Å². The summed E-state index contributed by atoms with van der Waals surface area (Å²) in [7, 11) is 1.46. The molecule has 6 nitrogen and oxygen atoms in total. The molecule has 0 saturated carbocycles. The van der Waals surface area contributed by atoms with Crippen LogP contribution in [-0.4, -0.2) is 29.0 Å². The molecule has 0 aromatic heterocycles. The van der Waals surface area contributed by atoms with Gasteiger partial charge < -0.3 is 14.9 Å². The number of carbonyl (C=O) groups excluding carboxylic acids is 2. The van der Waals surface area contributed by atoms with Crippen molar-refractivity contribution in [2.45, 2.75) is 6.04 Å². The van der Waals surface area contributed by atoms with E-state index in [9.17, 15) is 28.6 Å². The van der Waals surface area contributed by atoms with E-state index in [1.54, 1.807) is 6.07 Å². The molecular formula is C24H16BrF2NO5. The van der Waals surface area contributed by atoms with Crippen LogP contribution in [0.3, 0.4) is 0 Å². The van der Waals surface area contributed by atoms with Crippen molar-refractivity contribution in [1.29, 1.82) is 0 Å². The molecule has 1 amide bonds. The minimum absolute atomic E-state index is 0.0771. The molecule has 4 rings (SSSR count). The number of halogens is 3. The monoisotopic (exact) mass is 515 g/mol. The summed E-state index contributed by atoms with van der Waals surface area (Å²) in [6, 6.07) is 11.3. The smallest absolute Gasteiger partial charge is 0.300 e. The molecule has 0 aliphatic carbocycles. The fourth-order valence-corrected chi connectivity index (χ4v) is 4.23. The van der Waals surface area contributed by atoms with Crippen molar-refractivity contribution >= 4 is 39.1 Å². The molecule has 2 N–H and O–H groups in total. The Morgan fingerprint density at radius 2 is 1.73 bits per heavy atom. The number of nitrogens with zero attached hydrogens (tertiary/aromatic N) is 1. The van der Waals surface area contributed by atoms with Crippen molar-refractivity contribution in [2.75, 3.05) is 12.0 Å². The molecule has 3 aromatic carbocycles. The number of anilines is 1. The van der Waals surface area contributed by atoms with Crippen LogP contribution in [0.2, 0.25) is 0 Å². The van der Waals surface area contributed by atoms with E-state index >= 15 is 0 Å². The van der Waals surface area contributed by atoms with E-state index in [0.29, 0.717) is 15.8 Å². The second-order valence-electron chi connectivity index (χ2n) is 7.21. The second-order valence-corrected chi connectivity index (χ2v) is 8.06. The molecule has 1 fully saturated rings. The normalized spacial score (nSPS) is 17.5. The minimum atomic E-state index is -1.28. The maximum Gasteiger partial charge on any atom is 0.300 e. The Kier molecular flexibility index (Phi) is 5.90. The molecule has 1 heterocycles. The Morgan fingerprint density at radius 1 is 1.03 bits per heavy atom. The van der Waals surface area contributed by atoms with Gasteiger partial charge in [-0.1, -0.05) is 12.1 Å². The van der Waals surface area contributed by atoms with Gasteiger partial charge in [-0.15, -0.1) is 0 Å². The highest BCUT2D eigenvalue weighted by molar-refractivity contribution is 9.10. The van der Waals surface area contributed by atoms with E-state index in [1.165, 1.54) is 43.5 Å². The van der Waals surface area contributed by atoms with Gasteiger partial charge in [0.05, 0.1) is 28.9 Å². The number of hydrogen-bond donors (Lipinski definition) is 2. The molecule has 3 aromatic rings. The van der Waals surface area contributed by atoms with Gasteiger partial charge in [-0.3, -0.25) is 14.5 Å². The standard InChI is InChI=1S/C24H16BrF2NO5/c1-33-19-9-4-13(10-16(19)25)22(30)20-21(12-2-6-15(29)7-3-12)28(24(32)23(20)31)18-11-14(26)5-8-17(18)27/h2-11,21,29-30H,1H3/b22-20+. The third-order valence-electron chi connectivity index (χ3n) is 5.25. The van der Waals surface area contributed by atoms with E-state index in [1.807, 2.05) is 0 Å². The average Bonchev–Trinajstić information content (AvgIpc) is 3.06. The number of phenolic OH excluding ortho intramolecular Hbond substituents is 1. The first-order valence-electron chi connectivity index (χ1n) is 9.61. The van der Waals surface area contributed by atoms with Gasteiger partial charge in [0.15, 0.2) is 0 Å². The topological polar surface area (TPSA) is 87.1 Å². The summed E-state index contributed by atoms with van der Waals surface area (Å²) in [5.74, 6) is -4.04. The maximum absolute atomic E-state index is 14.7. The molecule has 0 spiro atoms. The third-order valence-corrected chi connectivity index (χ3v) is 5.87.